The average Bonchev–Trinajstić information content (AvgIpc) is 2.84. The van der Waals surface area contributed by atoms with Crippen LogP contribution in [0.3, 0.4) is 0 Å². The Morgan fingerprint density at radius 3 is 2.14 bits per heavy atom. The third-order valence-corrected chi connectivity index (χ3v) is 4.73. The van der Waals surface area contributed by atoms with Crippen molar-refractivity contribution in [2.45, 2.75) is 12.6 Å². The molecule has 0 saturated carbocycles. The maximum atomic E-state index is 13.1. The van der Waals surface area contributed by atoms with Crippen LogP contribution in [0.4, 0.5) is 24.8 Å². The van der Waals surface area contributed by atoms with Gasteiger partial charge in [0.1, 0.15) is 0 Å². The summed E-state index contributed by atoms with van der Waals surface area (Å²) in [6, 6.07) is 11.6. The predicted molar refractivity (Wildman–Crippen MR) is 101 cm³/mol. The van der Waals surface area contributed by atoms with Crippen molar-refractivity contribution < 1.29 is 18.0 Å². The van der Waals surface area contributed by atoms with E-state index in [1.165, 1.54) is 17.0 Å². The topological polar surface area (TPSA) is 49.3 Å². The fraction of sp³-hybridized carbons (Fsp3) is 0.250. The molecular formula is C20H17F3N4O. The van der Waals surface area contributed by atoms with Gasteiger partial charge in [-0.2, -0.15) is 13.2 Å². The molecule has 0 N–H and O–H groups in total. The third kappa shape index (κ3) is 3.26. The smallest absolute Gasteiger partial charge is 0.357 e. The van der Waals surface area contributed by atoms with Gasteiger partial charge in [0.05, 0.1) is 16.6 Å². The van der Waals surface area contributed by atoms with Crippen LogP contribution >= 0.6 is 0 Å². The lowest BCUT2D eigenvalue weighted by molar-refractivity contribution is -0.137. The molecule has 1 amide bonds. The number of halogens is 3. The van der Waals surface area contributed by atoms with Crippen LogP contribution in [-0.4, -0.2) is 36.0 Å². The van der Waals surface area contributed by atoms with Gasteiger partial charge in [0.15, 0.2) is 11.6 Å². The number of hydrogen-bond acceptors (Lipinski definition) is 4. The predicted octanol–water partition coefficient (Wildman–Crippen LogP) is 4.14. The van der Waals surface area contributed by atoms with Gasteiger partial charge in [-0.05, 0) is 42.8 Å². The molecule has 4 rings (SSSR count). The van der Waals surface area contributed by atoms with E-state index in [-0.39, 0.29) is 5.56 Å². The van der Waals surface area contributed by atoms with E-state index in [1.54, 1.807) is 0 Å². The van der Waals surface area contributed by atoms with Crippen molar-refractivity contribution in [1.29, 1.82) is 0 Å². The highest BCUT2D eigenvalue weighted by molar-refractivity contribution is 6.07. The number of alkyl halides is 3. The van der Waals surface area contributed by atoms with Crippen LogP contribution in [0, 0.1) is 0 Å². The summed E-state index contributed by atoms with van der Waals surface area (Å²) < 4.78 is 38.4. The number of aromatic nitrogens is 2. The molecule has 0 atom stereocenters. The molecule has 2 aromatic carbocycles. The molecule has 1 aromatic heterocycles. The van der Waals surface area contributed by atoms with Crippen LogP contribution < -0.4 is 9.80 Å². The minimum atomic E-state index is -4.44. The number of hydrogen-bond donors (Lipinski definition) is 0. The summed E-state index contributed by atoms with van der Waals surface area (Å²) in [5.41, 5.74) is 0.767. The zero-order valence-corrected chi connectivity index (χ0v) is 15.1. The summed E-state index contributed by atoms with van der Waals surface area (Å²) >= 11 is 0. The molecule has 5 nitrogen and oxygen atoms in total. The first-order valence-electron chi connectivity index (χ1n) is 8.81. The standard InChI is InChI=1S/C20H17F3N4O/c1-26-11-4-12-27(18-17(26)24-15-5-2-3-6-16(15)25-18)19(28)13-7-9-14(10-8-13)20(21,22)23/h2-3,5-10H,4,11-12H2,1H3. The molecule has 8 heteroatoms. The number of fused-ring (bicyclic) bond motifs is 2. The Hall–Kier alpha value is -3.16. The fourth-order valence-corrected chi connectivity index (χ4v) is 3.25. The monoisotopic (exact) mass is 386 g/mol. The highest BCUT2D eigenvalue weighted by atomic mass is 19.4. The molecule has 2 heterocycles. The van der Waals surface area contributed by atoms with Crippen LogP contribution in [0.15, 0.2) is 48.5 Å². The van der Waals surface area contributed by atoms with Crippen LogP contribution in [0.25, 0.3) is 11.0 Å². The summed E-state index contributed by atoms with van der Waals surface area (Å²) in [6.07, 6.45) is -3.75. The van der Waals surface area contributed by atoms with Gasteiger partial charge < -0.3 is 4.90 Å². The second-order valence-electron chi connectivity index (χ2n) is 6.67. The van der Waals surface area contributed by atoms with Crippen molar-refractivity contribution >= 4 is 28.6 Å². The van der Waals surface area contributed by atoms with Gasteiger partial charge >= 0.3 is 6.18 Å². The van der Waals surface area contributed by atoms with Crippen LogP contribution in [0.2, 0.25) is 0 Å². The summed E-state index contributed by atoms with van der Waals surface area (Å²) in [6.45, 7) is 1.10. The Labute approximate surface area is 159 Å². The Balaban J connectivity index is 1.76. The van der Waals surface area contributed by atoms with Crippen molar-refractivity contribution in [2.75, 3.05) is 29.9 Å². The van der Waals surface area contributed by atoms with E-state index in [0.29, 0.717) is 36.7 Å². The van der Waals surface area contributed by atoms with Crippen LogP contribution in [0.5, 0.6) is 0 Å². The largest absolute Gasteiger partial charge is 0.416 e. The number of anilines is 2. The SMILES string of the molecule is CN1CCCN(C(=O)c2ccc(C(F)(F)F)cc2)c2nc3ccccc3nc21. The van der Waals surface area contributed by atoms with E-state index < -0.39 is 17.6 Å². The van der Waals surface area contributed by atoms with Gasteiger partial charge in [-0.25, -0.2) is 9.97 Å². The van der Waals surface area contributed by atoms with Gasteiger partial charge in [0.25, 0.3) is 5.91 Å². The van der Waals surface area contributed by atoms with Gasteiger partial charge in [-0.15, -0.1) is 0 Å². The van der Waals surface area contributed by atoms with Crippen molar-refractivity contribution in [3.63, 3.8) is 0 Å². The highest BCUT2D eigenvalue weighted by Crippen LogP contribution is 2.32. The molecule has 0 unspecified atom stereocenters. The number of amides is 1. The summed E-state index contributed by atoms with van der Waals surface area (Å²) in [5, 5.41) is 0. The molecule has 1 aliphatic rings. The van der Waals surface area contributed by atoms with Crippen molar-refractivity contribution in [1.82, 2.24) is 9.97 Å². The van der Waals surface area contributed by atoms with E-state index in [4.69, 9.17) is 0 Å². The molecule has 0 bridgehead atoms. The average molecular weight is 386 g/mol. The third-order valence-electron chi connectivity index (χ3n) is 4.73. The number of benzene rings is 2. The van der Waals surface area contributed by atoms with Crippen molar-refractivity contribution in [3.8, 4) is 0 Å². The minimum absolute atomic E-state index is 0.179. The number of nitrogens with zero attached hydrogens (tertiary/aromatic N) is 4. The second-order valence-corrected chi connectivity index (χ2v) is 6.67. The van der Waals surface area contributed by atoms with E-state index in [2.05, 4.69) is 9.97 Å². The molecule has 28 heavy (non-hydrogen) atoms. The van der Waals surface area contributed by atoms with E-state index in [9.17, 15) is 18.0 Å². The number of carbonyl (C=O) groups is 1. The molecule has 0 fully saturated rings. The number of para-hydroxylation sites is 2. The highest BCUT2D eigenvalue weighted by Gasteiger charge is 2.31. The molecule has 0 spiro atoms. The first-order valence-corrected chi connectivity index (χ1v) is 8.81. The lowest BCUT2D eigenvalue weighted by atomic mass is 10.1. The van der Waals surface area contributed by atoms with Crippen LogP contribution in [0.1, 0.15) is 22.3 Å². The first kappa shape index (κ1) is 18.2. The summed E-state index contributed by atoms with van der Waals surface area (Å²) in [7, 11) is 1.88. The van der Waals surface area contributed by atoms with Crippen molar-refractivity contribution in [3.05, 3.63) is 59.7 Å². The molecule has 1 aliphatic heterocycles. The Bertz CT molecular complexity index is 1030. The van der Waals surface area contributed by atoms with Crippen molar-refractivity contribution in [2.24, 2.45) is 0 Å². The quantitative estimate of drug-likeness (QED) is 0.631. The number of carbonyl (C=O) groups excluding carboxylic acids is 1. The lowest BCUT2D eigenvalue weighted by Crippen LogP contribution is -2.32. The number of rotatable bonds is 1. The maximum Gasteiger partial charge on any atom is 0.416 e. The van der Waals surface area contributed by atoms with Gasteiger partial charge in [-0.3, -0.25) is 9.69 Å². The molecule has 144 valence electrons. The zero-order chi connectivity index (χ0) is 19.9. The second kappa shape index (κ2) is 6.78. The minimum Gasteiger partial charge on any atom is -0.357 e. The lowest BCUT2D eigenvalue weighted by Gasteiger charge is -2.23. The normalized spacial score (nSPS) is 14.7. The maximum absolute atomic E-state index is 13.1. The van der Waals surface area contributed by atoms with E-state index >= 15 is 0 Å². The van der Waals surface area contributed by atoms with E-state index in [1.807, 2.05) is 36.2 Å². The molecule has 0 aliphatic carbocycles. The summed E-state index contributed by atoms with van der Waals surface area (Å²) in [4.78, 5) is 25.8. The molecule has 0 saturated heterocycles. The molecule has 0 radical (unpaired) electrons. The molecule has 3 aromatic rings. The van der Waals surface area contributed by atoms with Gasteiger partial charge in [-0.1, -0.05) is 12.1 Å². The molecular weight excluding hydrogens is 369 g/mol. The first-order chi connectivity index (χ1) is 13.3. The van der Waals surface area contributed by atoms with E-state index in [0.717, 1.165) is 17.6 Å². The fourth-order valence-electron chi connectivity index (χ4n) is 3.25. The summed E-state index contributed by atoms with van der Waals surface area (Å²) in [5.74, 6) is 0.606. The van der Waals surface area contributed by atoms with Crippen LogP contribution in [-0.2, 0) is 6.18 Å². The Kier molecular flexibility index (Phi) is 4.41. The Morgan fingerprint density at radius 1 is 0.929 bits per heavy atom. The van der Waals surface area contributed by atoms with Gasteiger partial charge in [0.2, 0.25) is 0 Å². The zero-order valence-electron chi connectivity index (χ0n) is 15.1. The Morgan fingerprint density at radius 2 is 1.54 bits per heavy atom. The van der Waals surface area contributed by atoms with Gasteiger partial charge in [0, 0.05) is 25.7 Å².